The third kappa shape index (κ3) is 0. The summed E-state index contributed by atoms with van der Waals surface area (Å²) in [4.78, 5) is 0. The lowest BCUT2D eigenvalue weighted by Crippen LogP contribution is -1.93. The van der Waals surface area contributed by atoms with Gasteiger partial charge in [-0.25, -0.2) is 0 Å². The van der Waals surface area contributed by atoms with Gasteiger partial charge >= 0.3 is 0 Å². The molecule has 0 amide bonds. The van der Waals surface area contributed by atoms with Gasteiger partial charge in [-0.2, -0.15) is 0 Å². The lowest BCUT2D eigenvalue weighted by atomic mass is 10.0. The smallest absolute Gasteiger partial charge is 0.0411 e. The Kier molecular flexibility index (Phi) is 179. The van der Waals surface area contributed by atoms with Crippen molar-refractivity contribution in [1.29, 1.82) is 0 Å². The molecule has 0 N–H and O–H groups in total. The van der Waals surface area contributed by atoms with Crippen LogP contribution in [0.3, 0.4) is 0 Å². The van der Waals surface area contributed by atoms with Crippen molar-refractivity contribution in [2.75, 3.05) is 0 Å². The van der Waals surface area contributed by atoms with E-state index in [1.165, 1.54) is 0 Å². The van der Waals surface area contributed by atoms with Gasteiger partial charge in [-0.3, -0.25) is 0 Å². The van der Waals surface area contributed by atoms with Crippen molar-refractivity contribution in [2.45, 2.75) is 91.5 Å². The third-order valence-electron chi connectivity index (χ3n) is 0. The van der Waals surface area contributed by atoms with E-state index in [0.29, 0.717) is 5.41 Å². The van der Waals surface area contributed by atoms with Crippen LogP contribution in [0, 0.1) is 5.41 Å². The SMILES string of the molecule is C.C.C.CC.CC.CC.CC(C)(C)C. The summed E-state index contributed by atoms with van der Waals surface area (Å²) in [5, 5.41) is 0. The highest BCUT2D eigenvalue weighted by atomic mass is 14.0. The fraction of sp³-hybridized carbons (Fsp3) is 1.00. The van der Waals surface area contributed by atoms with Gasteiger partial charge in [0, 0.05) is 0 Å². The minimum absolute atomic E-state index is 0. The Labute approximate surface area is 97.5 Å². The summed E-state index contributed by atoms with van der Waals surface area (Å²) in [7, 11) is 0. The summed E-state index contributed by atoms with van der Waals surface area (Å²) in [5.41, 5.74) is 0.500. The Hall–Kier alpha value is 0. The number of hydrogen-bond acceptors (Lipinski definition) is 0. The molecule has 0 saturated heterocycles. The topological polar surface area (TPSA) is 0 Å². The second-order valence-corrected chi connectivity index (χ2v) is 3.00. The van der Waals surface area contributed by atoms with Gasteiger partial charge in [-0.05, 0) is 5.41 Å². The highest BCUT2D eigenvalue weighted by molar-refractivity contribution is 4.47. The lowest BCUT2D eigenvalue weighted by molar-refractivity contribution is 0.469. The van der Waals surface area contributed by atoms with E-state index >= 15 is 0 Å². The third-order valence-corrected chi connectivity index (χ3v) is 0. The molecule has 0 fully saturated rings. The van der Waals surface area contributed by atoms with Gasteiger partial charge in [0.1, 0.15) is 0 Å². The van der Waals surface area contributed by atoms with Gasteiger partial charge in [-0.1, -0.05) is 91.5 Å². The van der Waals surface area contributed by atoms with Crippen LogP contribution in [0.15, 0.2) is 0 Å². The molecule has 0 aromatic rings. The summed E-state index contributed by atoms with van der Waals surface area (Å²) in [5.74, 6) is 0. The van der Waals surface area contributed by atoms with Crippen molar-refractivity contribution in [3.8, 4) is 0 Å². The van der Waals surface area contributed by atoms with E-state index in [-0.39, 0.29) is 22.3 Å². The first-order valence-electron chi connectivity index (χ1n) is 5.00. The molecule has 0 saturated carbocycles. The van der Waals surface area contributed by atoms with Gasteiger partial charge in [0.2, 0.25) is 0 Å². The highest BCUT2D eigenvalue weighted by Crippen LogP contribution is 2.07. The van der Waals surface area contributed by atoms with Crippen LogP contribution >= 0.6 is 0 Å². The summed E-state index contributed by atoms with van der Waals surface area (Å²) in [6, 6.07) is 0. The van der Waals surface area contributed by atoms with Crippen LogP contribution in [0.2, 0.25) is 0 Å². The maximum atomic E-state index is 2.19. The van der Waals surface area contributed by atoms with E-state index in [1.807, 2.05) is 41.5 Å². The van der Waals surface area contributed by atoms with Crippen LogP contribution in [-0.2, 0) is 0 Å². The molecule has 0 aliphatic heterocycles. The summed E-state index contributed by atoms with van der Waals surface area (Å²) >= 11 is 0. The molecule has 14 heavy (non-hydrogen) atoms. The fourth-order valence-corrected chi connectivity index (χ4v) is 0. The summed E-state index contributed by atoms with van der Waals surface area (Å²) in [6.45, 7) is 20.8. The number of rotatable bonds is 0. The average molecular weight is 210 g/mol. The van der Waals surface area contributed by atoms with E-state index in [0.717, 1.165) is 0 Å². The van der Waals surface area contributed by atoms with Crippen LogP contribution in [0.1, 0.15) is 91.5 Å². The molecule has 98 valence electrons. The summed E-state index contributed by atoms with van der Waals surface area (Å²) < 4.78 is 0. The highest BCUT2D eigenvalue weighted by Gasteiger charge is 1.95. The molecule has 0 aliphatic rings. The number of hydrogen-bond donors (Lipinski definition) is 0. The molecule has 0 heteroatoms. The zero-order valence-corrected chi connectivity index (χ0v) is 10.5. The first-order chi connectivity index (χ1) is 5.00. The molecule has 0 bridgehead atoms. The molecule has 0 heterocycles. The Balaban J connectivity index is -0.00000000972. The first kappa shape index (κ1) is 48.3. The van der Waals surface area contributed by atoms with Gasteiger partial charge in [0.25, 0.3) is 0 Å². The maximum absolute atomic E-state index is 2.19. The quantitative estimate of drug-likeness (QED) is 0.402. The molecule has 0 nitrogen and oxygen atoms in total. The standard InChI is InChI=1S/C5H12.3C2H6.3CH4/c1-5(2,3)4;3*1-2;;;/h1-4H3;3*1-2H3;3*1H4. The molecule has 0 aliphatic carbocycles. The molecule has 0 atom stereocenters. The summed E-state index contributed by atoms with van der Waals surface area (Å²) in [6.07, 6.45) is 0. The van der Waals surface area contributed by atoms with Gasteiger partial charge in [0.15, 0.2) is 0 Å². The van der Waals surface area contributed by atoms with Gasteiger partial charge < -0.3 is 0 Å². The monoisotopic (exact) mass is 210 g/mol. The van der Waals surface area contributed by atoms with E-state index < -0.39 is 0 Å². The predicted octanol–water partition coefficient (Wildman–Crippen LogP) is 7.04. The second kappa shape index (κ2) is 52.0. The van der Waals surface area contributed by atoms with E-state index in [1.54, 1.807) is 0 Å². The average Bonchev–Trinajstić information content (AvgIpc) is 1.96. The van der Waals surface area contributed by atoms with Crippen molar-refractivity contribution < 1.29 is 0 Å². The van der Waals surface area contributed by atoms with E-state index in [9.17, 15) is 0 Å². The molecular weight excluding hydrogens is 168 g/mol. The van der Waals surface area contributed by atoms with Crippen LogP contribution < -0.4 is 0 Å². The molecule has 0 radical (unpaired) electrons. The first-order valence-corrected chi connectivity index (χ1v) is 5.00. The molecule has 0 aromatic carbocycles. The second-order valence-electron chi connectivity index (χ2n) is 3.00. The predicted molar refractivity (Wildman–Crippen MR) is 79.4 cm³/mol. The van der Waals surface area contributed by atoms with Crippen LogP contribution in [0.4, 0.5) is 0 Å². The lowest BCUT2D eigenvalue weighted by Gasteiger charge is -2.05. The zero-order valence-electron chi connectivity index (χ0n) is 10.5. The minimum atomic E-state index is 0. The fourth-order valence-electron chi connectivity index (χ4n) is 0. The maximum Gasteiger partial charge on any atom is -0.0411 e. The van der Waals surface area contributed by atoms with Crippen molar-refractivity contribution in [2.24, 2.45) is 5.41 Å². The van der Waals surface area contributed by atoms with Crippen LogP contribution in [0.25, 0.3) is 0 Å². The molecule has 0 spiro atoms. The van der Waals surface area contributed by atoms with Crippen molar-refractivity contribution in [3.05, 3.63) is 0 Å². The van der Waals surface area contributed by atoms with Crippen molar-refractivity contribution >= 4 is 0 Å². The van der Waals surface area contributed by atoms with Gasteiger partial charge in [-0.15, -0.1) is 0 Å². The van der Waals surface area contributed by atoms with E-state index in [4.69, 9.17) is 0 Å². The normalized spacial score (nSPS) is 5.57. The Morgan fingerprint density at radius 1 is 0.429 bits per heavy atom. The molecule has 0 unspecified atom stereocenters. The largest absolute Gasteiger partial charge is 0.0776 e. The van der Waals surface area contributed by atoms with Crippen LogP contribution in [0.5, 0.6) is 0 Å². The van der Waals surface area contributed by atoms with Crippen molar-refractivity contribution in [1.82, 2.24) is 0 Å². The Bertz CT molecular complexity index is 15.5. The molecule has 0 aromatic heterocycles. The Morgan fingerprint density at radius 2 is 0.429 bits per heavy atom. The van der Waals surface area contributed by atoms with E-state index in [2.05, 4.69) is 27.7 Å². The van der Waals surface area contributed by atoms with Crippen molar-refractivity contribution in [3.63, 3.8) is 0 Å². The van der Waals surface area contributed by atoms with Crippen LogP contribution in [-0.4, -0.2) is 0 Å². The Morgan fingerprint density at radius 3 is 0.429 bits per heavy atom. The molecule has 0 rings (SSSR count). The van der Waals surface area contributed by atoms with Gasteiger partial charge in [0.05, 0.1) is 0 Å². The minimum Gasteiger partial charge on any atom is -0.0776 e. The zero-order chi connectivity index (χ0) is 10.5. The molecular formula is C14H42.